The third-order valence-corrected chi connectivity index (χ3v) is 1.85. The Bertz CT molecular complexity index is 143. The van der Waals surface area contributed by atoms with Crippen LogP contribution >= 0.6 is 0 Å². The number of esters is 1. The average molecular weight is 174 g/mol. The average Bonchev–Trinajstić information content (AvgIpc) is 2.02. The van der Waals surface area contributed by atoms with Crippen molar-refractivity contribution in [1.82, 2.24) is 0 Å². The Morgan fingerprint density at radius 3 is 2.25 bits per heavy atom. The number of hydrogen-bond acceptors (Lipinski definition) is 3. The third-order valence-electron chi connectivity index (χ3n) is 1.85. The summed E-state index contributed by atoms with van der Waals surface area (Å²) >= 11 is 0. The van der Waals surface area contributed by atoms with Crippen molar-refractivity contribution in [3.05, 3.63) is 0 Å². The molecule has 1 N–H and O–H groups in total. The van der Waals surface area contributed by atoms with Gasteiger partial charge in [-0.2, -0.15) is 0 Å². The van der Waals surface area contributed by atoms with E-state index in [-0.39, 0.29) is 11.9 Å². The molecule has 0 aliphatic carbocycles. The number of aliphatic hydroxyl groups excluding tert-OH is 1. The number of rotatable bonds is 4. The quantitative estimate of drug-likeness (QED) is 0.651. The van der Waals surface area contributed by atoms with Crippen LogP contribution in [0.3, 0.4) is 0 Å². The lowest BCUT2D eigenvalue weighted by molar-refractivity contribution is -0.152. The molecule has 2 atom stereocenters. The summed E-state index contributed by atoms with van der Waals surface area (Å²) in [5.41, 5.74) is 0. The Kier molecular flexibility index (Phi) is 4.90. The third kappa shape index (κ3) is 3.22. The first-order valence-corrected chi connectivity index (χ1v) is 4.35. The Balaban J connectivity index is 4.00. The summed E-state index contributed by atoms with van der Waals surface area (Å²) in [6, 6.07) is 0. The van der Waals surface area contributed by atoms with Gasteiger partial charge in [0.25, 0.3) is 0 Å². The van der Waals surface area contributed by atoms with E-state index in [0.29, 0.717) is 6.61 Å². The Morgan fingerprint density at radius 1 is 1.42 bits per heavy atom. The van der Waals surface area contributed by atoms with E-state index in [0.717, 1.165) is 0 Å². The molecule has 0 saturated carbocycles. The van der Waals surface area contributed by atoms with Crippen LogP contribution in [-0.4, -0.2) is 23.8 Å². The van der Waals surface area contributed by atoms with E-state index < -0.39 is 12.0 Å². The molecule has 72 valence electrons. The largest absolute Gasteiger partial charge is 0.466 e. The molecule has 0 unspecified atom stereocenters. The lowest BCUT2D eigenvalue weighted by Gasteiger charge is -2.20. The van der Waals surface area contributed by atoms with Gasteiger partial charge in [-0.25, -0.2) is 0 Å². The molecule has 0 aliphatic rings. The highest BCUT2D eigenvalue weighted by Crippen LogP contribution is 2.13. The standard InChI is InChI=1S/C9H18O3/c1-5-12-9(11)7(4)8(10)6(2)3/h6-8,10H,5H2,1-4H3/t7-,8-/m1/s1. The van der Waals surface area contributed by atoms with Gasteiger partial charge in [0.15, 0.2) is 0 Å². The zero-order valence-electron chi connectivity index (χ0n) is 8.20. The van der Waals surface area contributed by atoms with E-state index >= 15 is 0 Å². The first-order chi connectivity index (χ1) is 5.50. The van der Waals surface area contributed by atoms with Gasteiger partial charge in [0.1, 0.15) is 0 Å². The van der Waals surface area contributed by atoms with Crippen molar-refractivity contribution < 1.29 is 14.6 Å². The zero-order valence-corrected chi connectivity index (χ0v) is 8.20. The van der Waals surface area contributed by atoms with Crippen LogP contribution in [0.1, 0.15) is 27.7 Å². The minimum absolute atomic E-state index is 0.0874. The van der Waals surface area contributed by atoms with Crippen molar-refractivity contribution >= 4 is 5.97 Å². The molecule has 0 rings (SSSR count). The molecule has 0 fully saturated rings. The molecule has 0 aromatic rings. The number of hydrogen-bond donors (Lipinski definition) is 1. The fourth-order valence-corrected chi connectivity index (χ4v) is 0.990. The second-order valence-electron chi connectivity index (χ2n) is 3.28. The molecule has 0 saturated heterocycles. The van der Waals surface area contributed by atoms with Crippen LogP contribution in [0.2, 0.25) is 0 Å². The van der Waals surface area contributed by atoms with Crippen molar-refractivity contribution in [2.24, 2.45) is 11.8 Å². The van der Waals surface area contributed by atoms with Crippen LogP contribution < -0.4 is 0 Å². The predicted molar refractivity (Wildman–Crippen MR) is 46.6 cm³/mol. The Hall–Kier alpha value is -0.570. The van der Waals surface area contributed by atoms with Gasteiger partial charge in [-0.1, -0.05) is 13.8 Å². The highest BCUT2D eigenvalue weighted by atomic mass is 16.5. The molecule has 3 nitrogen and oxygen atoms in total. The van der Waals surface area contributed by atoms with Gasteiger partial charge < -0.3 is 9.84 Å². The van der Waals surface area contributed by atoms with Crippen LogP contribution in [0, 0.1) is 11.8 Å². The topological polar surface area (TPSA) is 46.5 Å². The van der Waals surface area contributed by atoms with E-state index in [1.165, 1.54) is 0 Å². The summed E-state index contributed by atoms with van der Waals surface area (Å²) in [6.45, 7) is 7.56. The molecule has 12 heavy (non-hydrogen) atoms. The predicted octanol–water partition coefficient (Wildman–Crippen LogP) is 1.20. The molecular weight excluding hydrogens is 156 g/mol. The van der Waals surface area contributed by atoms with E-state index in [9.17, 15) is 9.90 Å². The monoisotopic (exact) mass is 174 g/mol. The number of carbonyl (C=O) groups excluding carboxylic acids is 1. The molecule has 0 aliphatic heterocycles. The van der Waals surface area contributed by atoms with Gasteiger partial charge in [0.05, 0.1) is 18.6 Å². The Morgan fingerprint density at radius 2 is 1.92 bits per heavy atom. The van der Waals surface area contributed by atoms with Crippen LogP contribution in [0.25, 0.3) is 0 Å². The van der Waals surface area contributed by atoms with E-state index in [1.54, 1.807) is 13.8 Å². The highest BCUT2D eigenvalue weighted by molar-refractivity contribution is 5.72. The first kappa shape index (κ1) is 11.4. The normalized spacial score (nSPS) is 15.8. The minimum atomic E-state index is -0.607. The van der Waals surface area contributed by atoms with E-state index in [1.807, 2.05) is 13.8 Å². The molecule has 0 heterocycles. The van der Waals surface area contributed by atoms with Crippen molar-refractivity contribution in [2.45, 2.75) is 33.8 Å². The highest BCUT2D eigenvalue weighted by Gasteiger charge is 2.25. The van der Waals surface area contributed by atoms with Crippen molar-refractivity contribution in [2.75, 3.05) is 6.61 Å². The summed E-state index contributed by atoms with van der Waals surface area (Å²) in [5, 5.41) is 9.49. The van der Waals surface area contributed by atoms with Crippen molar-refractivity contribution in [3.8, 4) is 0 Å². The Labute approximate surface area is 73.7 Å². The lowest BCUT2D eigenvalue weighted by atomic mass is 9.95. The lowest BCUT2D eigenvalue weighted by Crippen LogP contribution is -2.31. The summed E-state index contributed by atoms with van der Waals surface area (Å²) in [5.74, 6) is -0.659. The van der Waals surface area contributed by atoms with Gasteiger partial charge in [-0.05, 0) is 19.8 Å². The van der Waals surface area contributed by atoms with Crippen LogP contribution in [0.15, 0.2) is 0 Å². The smallest absolute Gasteiger partial charge is 0.311 e. The van der Waals surface area contributed by atoms with E-state index in [2.05, 4.69) is 0 Å². The second kappa shape index (κ2) is 5.14. The van der Waals surface area contributed by atoms with Crippen molar-refractivity contribution in [3.63, 3.8) is 0 Å². The van der Waals surface area contributed by atoms with Crippen LogP contribution in [0.4, 0.5) is 0 Å². The SMILES string of the molecule is CCOC(=O)[C@H](C)[C@H](O)C(C)C. The molecule has 0 spiro atoms. The molecular formula is C9H18O3. The molecule has 0 aromatic carbocycles. The van der Waals surface area contributed by atoms with Gasteiger partial charge in [-0.15, -0.1) is 0 Å². The summed E-state index contributed by atoms with van der Waals surface area (Å²) in [7, 11) is 0. The minimum Gasteiger partial charge on any atom is -0.466 e. The maximum absolute atomic E-state index is 11.1. The first-order valence-electron chi connectivity index (χ1n) is 4.35. The summed E-state index contributed by atoms with van der Waals surface area (Å²) in [4.78, 5) is 11.1. The van der Waals surface area contributed by atoms with Crippen LogP contribution in [0.5, 0.6) is 0 Å². The van der Waals surface area contributed by atoms with Gasteiger partial charge in [0.2, 0.25) is 0 Å². The van der Waals surface area contributed by atoms with Crippen molar-refractivity contribution in [1.29, 1.82) is 0 Å². The molecule has 0 amide bonds. The zero-order chi connectivity index (χ0) is 9.72. The van der Waals surface area contributed by atoms with E-state index in [4.69, 9.17) is 4.74 Å². The molecule has 0 aromatic heterocycles. The summed E-state index contributed by atoms with van der Waals surface area (Å²) < 4.78 is 4.78. The molecule has 0 radical (unpaired) electrons. The number of aliphatic hydroxyl groups is 1. The van der Waals surface area contributed by atoms with Crippen LogP contribution in [-0.2, 0) is 9.53 Å². The maximum Gasteiger partial charge on any atom is 0.311 e. The maximum atomic E-state index is 11.1. The molecule has 3 heteroatoms. The van der Waals surface area contributed by atoms with Gasteiger partial charge >= 0.3 is 5.97 Å². The van der Waals surface area contributed by atoms with Gasteiger partial charge in [-0.3, -0.25) is 4.79 Å². The molecule has 0 bridgehead atoms. The number of ether oxygens (including phenoxy) is 1. The fraction of sp³-hybridized carbons (Fsp3) is 0.889. The number of carbonyl (C=O) groups is 1. The van der Waals surface area contributed by atoms with Gasteiger partial charge in [0, 0.05) is 0 Å². The second-order valence-corrected chi connectivity index (χ2v) is 3.28. The fourth-order valence-electron chi connectivity index (χ4n) is 0.990. The summed E-state index contributed by atoms with van der Waals surface area (Å²) in [6.07, 6.45) is -0.607.